The van der Waals surface area contributed by atoms with Crippen LogP contribution >= 0.6 is 0 Å². The first kappa shape index (κ1) is 17.4. The summed E-state index contributed by atoms with van der Waals surface area (Å²) in [4.78, 5) is 25.2. The highest BCUT2D eigenvalue weighted by Crippen LogP contribution is 2.67. The SMILES string of the molecule is CC(=O)[C@@]1(O)CC[C@H]2[C@@H]3CC(=O)C4C[C@@H](O)C=C[C@]4(C)[C@H]3CC[C@@]21C. The van der Waals surface area contributed by atoms with E-state index in [1.54, 1.807) is 0 Å². The van der Waals surface area contributed by atoms with Crippen LogP contribution in [-0.2, 0) is 9.59 Å². The molecule has 3 saturated carbocycles. The number of fused-ring (bicyclic) bond motifs is 5. The first-order chi connectivity index (χ1) is 11.6. The molecule has 0 bridgehead atoms. The van der Waals surface area contributed by atoms with Gasteiger partial charge in [0.2, 0.25) is 0 Å². The van der Waals surface area contributed by atoms with Crippen LogP contribution in [0.25, 0.3) is 0 Å². The van der Waals surface area contributed by atoms with Gasteiger partial charge in [-0.2, -0.15) is 0 Å². The Bertz CT molecular complexity index is 654. The van der Waals surface area contributed by atoms with Crippen molar-refractivity contribution in [1.29, 1.82) is 0 Å². The van der Waals surface area contributed by atoms with Crippen LogP contribution in [0.15, 0.2) is 12.2 Å². The lowest BCUT2D eigenvalue weighted by molar-refractivity contribution is -0.166. The number of ketones is 2. The Balaban J connectivity index is 1.73. The van der Waals surface area contributed by atoms with Crippen molar-refractivity contribution in [2.24, 2.45) is 34.5 Å². The van der Waals surface area contributed by atoms with Crippen LogP contribution in [0.2, 0.25) is 0 Å². The lowest BCUT2D eigenvalue weighted by atomic mass is 9.45. The molecule has 4 aliphatic carbocycles. The number of Topliss-reactive ketones (excluding diaryl/α,β-unsaturated/α-hetero) is 2. The third-order valence-electron chi connectivity index (χ3n) is 8.70. The minimum absolute atomic E-state index is 0.0915. The van der Waals surface area contributed by atoms with Gasteiger partial charge in [0.1, 0.15) is 11.4 Å². The quantitative estimate of drug-likeness (QED) is 0.716. The molecule has 4 heteroatoms. The van der Waals surface area contributed by atoms with Gasteiger partial charge in [-0.15, -0.1) is 0 Å². The van der Waals surface area contributed by atoms with E-state index in [2.05, 4.69) is 19.9 Å². The molecule has 138 valence electrons. The fourth-order valence-corrected chi connectivity index (χ4v) is 7.18. The molecule has 0 aromatic carbocycles. The number of aliphatic hydroxyl groups is 2. The average Bonchev–Trinajstić information content (AvgIpc) is 2.83. The number of rotatable bonds is 1. The summed E-state index contributed by atoms with van der Waals surface area (Å²) in [5.74, 6) is 0.901. The summed E-state index contributed by atoms with van der Waals surface area (Å²) in [6.07, 6.45) is 7.64. The van der Waals surface area contributed by atoms with E-state index in [0.29, 0.717) is 25.2 Å². The van der Waals surface area contributed by atoms with E-state index in [4.69, 9.17) is 0 Å². The van der Waals surface area contributed by atoms with Crippen LogP contribution in [0.5, 0.6) is 0 Å². The Labute approximate surface area is 149 Å². The lowest BCUT2D eigenvalue weighted by Gasteiger charge is -2.59. The first-order valence-electron chi connectivity index (χ1n) is 9.77. The summed E-state index contributed by atoms with van der Waals surface area (Å²) in [5.41, 5.74) is -1.85. The van der Waals surface area contributed by atoms with Gasteiger partial charge >= 0.3 is 0 Å². The Morgan fingerprint density at radius 2 is 1.88 bits per heavy atom. The molecule has 8 atom stereocenters. The Morgan fingerprint density at radius 1 is 1.20 bits per heavy atom. The second-order valence-corrected chi connectivity index (χ2v) is 9.54. The number of aliphatic hydroxyl groups excluding tert-OH is 1. The van der Waals surface area contributed by atoms with Crippen molar-refractivity contribution < 1.29 is 19.8 Å². The number of carbonyl (C=O) groups is 2. The van der Waals surface area contributed by atoms with Gasteiger partial charge in [0, 0.05) is 17.8 Å². The minimum Gasteiger partial charge on any atom is -0.389 e. The number of allylic oxidation sites excluding steroid dienone is 1. The zero-order chi connectivity index (χ0) is 18.2. The second kappa shape index (κ2) is 5.26. The topological polar surface area (TPSA) is 74.6 Å². The summed E-state index contributed by atoms with van der Waals surface area (Å²) >= 11 is 0. The monoisotopic (exact) mass is 346 g/mol. The normalized spacial score (nSPS) is 54.6. The smallest absolute Gasteiger partial charge is 0.161 e. The molecule has 4 rings (SSSR count). The van der Waals surface area contributed by atoms with Gasteiger partial charge in [-0.3, -0.25) is 9.59 Å². The maximum atomic E-state index is 12.9. The van der Waals surface area contributed by atoms with Crippen LogP contribution in [0.1, 0.15) is 59.3 Å². The van der Waals surface area contributed by atoms with E-state index in [1.165, 1.54) is 6.92 Å². The molecule has 3 fully saturated rings. The highest BCUT2D eigenvalue weighted by molar-refractivity contribution is 5.87. The second-order valence-electron chi connectivity index (χ2n) is 9.54. The summed E-state index contributed by atoms with van der Waals surface area (Å²) in [7, 11) is 0. The molecule has 0 aliphatic heterocycles. The maximum Gasteiger partial charge on any atom is 0.161 e. The van der Waals surface area contributed by atoms with Crippen LogP contribution < -0.4 is 0 Å². The van der Waals surface area contributed by atoms with Crippen LogP contribution in [0.4, 0.5) is 0 Å². The summed E-state index contributed by atoms with van der Waals surface area (Å²) in [5, 5.41) is 21.1. The van der Waals surface area contributed by atoms with E-state index < -0.39 is 17.1 Å². The molecule has 0 radical (unpaired) electrons. The van der Waals surface area contributed by atoms with Gasteiger partial charge in [0.05, 0.1) is 6.10 Å². The van der Waals surface area contributed by atoms with Gasteiger partial charge in [0.15, 0.2) is 5.78 Å². The van der Waals surface area contributed by atoms with Crippen LogP contribution in [0.3, 0.4) is 0 Å². The third kappa shape index (κ3) is 2.07. The van der Waals surface area contributed by atoms with Crippen LogP contribution in [-0.4, -0.2) is 33.5 Å². The van der Waals surface area contributed by atoms with Crippen molar-refractivity contribution in [3.05, 3.63) is 12.2 Å². The summed E-state index contributed by atoms with van der Waals surface area (Å²) < 4.78 is 0. The van der Waals surface area contributed by atoms with E-state index in [1.807, 2.05) is 6.08 Å². The maximum absolute atomic E-state index is 12.9. The number of carbonyl (C=O) groups excluding carboxylic acids is 2. The highest BCUT2D eigenvalue weighted by Gasteiger charge is 2.66. The summed E-state index contributed by atoms with van der Waals surface area (Å²) in [6, 6.07) is 0. The zero-order valence-electron chi connectivity index (χ0n) is 15.5. The van der Waals surface area contributed by atoms with Crippen molar-refractivity contribution in [3.63, 3.8) is 0 Å². The molecule has 0 heterocycles. The predicted octanol–water partition coefficient (Wildman–Crippen LogP) is 2.67. The molecule has 4 nitrogen and oxygen atoms in total. The Kier molecular flexibility index (Phi) is 3.66. The lowest BCUT2D eigenvalue weighted by Crippen LogP contribution is -2.59. The van der Waals surface area contributed by atoms with Gasteiger partial charge in [0.25, 0.3) is 0 Å². The average molecular weight is 346 g/mol. The summed E-state index contributed by atoms with van der Waals surface area (Å²) in [6.45, 7) is 5.76. The van der Waals surface area contributed by atoms with Crippen LogP contribution in [0, 0.1) is 34.5 Å². The molecule has 0 spiro atoms. The van der Waals surface area contributed by atoms with Crippen molar-refractivity contribution >= 4 is 11.6 Å². The Hall–Kier alpha value is -1.00. The molecular formula is C21H30O4. The largest absolute Gasteiger partial charge is 0.389 e. The van der Waals surface area contributed by atoms with Crippen molar-refractivity contribution in [1.82, 2.24) is 0 Å². The molecule has 1 unspecified atom stereocenters. The molecule has 4 aliphatic rings. The van der Waals surface area contributed by atoms with Crippen molar-refractivity contribution in [2.75, 3.05) is 0 Å². The molecular weight excluding hydrogens is 316 g/mol. The van der Waals surface area contributed by atoms with E-state index >= 15 is 0 Å². The minimum atomic E-state index is -1.23. The van der Waals surface area contributed by atoms with Gasteiger partial charge < -0.3 is 10.2 Å². The van der Waals surface area contributed by atoms with E-state index in [0.717, 1.165) is 19.3 Å². The number of hydrogen-bond donors (Lipinski definition) is 2. The highest BCUT2D eigenvalue weighted by atomic mass is 16.3. The molecule has 0 aromatic heterocycles. The molecule has 2 N–H and O–H groups in total. The van der Waals surface area contributed by atoms with Gasteiger partial charge in [-0.05, 0) is 62.2 Å². The molecule has 25 heavy (non-hydrogen) atoms. The van der Waals surface area contributed by atoms with Crippen molar-refractivity contribution in [2.45, 2.75) is 71.0 Å². The zero-order valence-corrected chi connectivity index (χ0v) is 15.5. The standard InChI is InChI=1S/C21H30O4/c1-12(22)21(25)9-6-16-14-11-18(24)17-10-13(23)4-7-19(17,2)15(14)5-8-20(16,21)3/h4,7,13-17,23,25H,5-6,8-11H2,1-3H3/t13-,14+,15-,16-,17?,19+,20-,21-/m0/s1. The fraction of sp³-hybridized carbons (Fsp3) is 0.810. The predicted molar refractivity (Wildman–Crippen MR) is 93.7 cm³/mol. The molecule has 0 saturated heterocycles. The molecule has 0 amide bonds. The van der Waals surface area contributed by atoms with E-state index in [9.17, 15) is 19.8 Å². The van der Waals surface area contributed by atoms with Gasteiger partial charge in [-0.25, -0.2) is 0 Å². The van der Waals surface area contributed by atoms with Crippen molar-refractivity contribution in [3.8, 4) is 0 Å². The first-order valence-corrected chi connectivity index (χ1v) is 9.77. The fourth-order valence-electron chi connectivity index (χ4n) is 7.18. The van der Waals surface area contributed by atoms with E-state index in [-0.39, 0.29) is 34.7 Å². The Morgan fingerprint density at radius 3 is 2.56 bits per heavy atom. The number of hydrogen-bond acceptors (Lipinski definition) is 4. The molecule has 0 aromatic rings. The third-order valence-corrected chi connectivity index (χ3v) is 8.70. The van der Waals surface area contributed by atoms with Gasteiger partial charge in [-0.1, -0.05) is 26.0 Å².